The minimum atomic E-state index is -1.09. The van der Waals surface area contributed by atoms with Crippen molar-refractivity contribution in [2.24, 2.45) is 0 Å². The average Bonchev–Trinajstić information content (AvgIpc) is 2.86. The number of hydrogen-bond acceptors (Lipinski definition) is 6. The van der Waals surface area contributed by atoms with E-state index in [-0.39, 0.29) is 17.9 Å². The first-order valence-electron chi connectivity index (χ1n) is 4.84. The highest BCUT2D eigenvalue weighted by molar-refractivity contribution is 5.88. The van der Waals surface area contributed by atoms with Crippen LogP contribution in [0.15, 0.2) is 16.8 Å². The molecule has 9 heteroatoms. The van der Waals surface area contributed by atoms with Gasteiger partial charge in [-0.25, -0.2) is 4.79 Å². The second-order valence-electron chi connectivity index (χ2n) is 3.49. The van der Waals surface area contributed by atoms with Gasteiger partial charge in [-0.3, -0.25) is 0 Å². The van der Waals surface area contributed by atoms with Gasteiger partial charge in [0.15, 0.2) is 0 Å². The number of aryl methyl sites for hydroxylation is 1. The van der Waals surface area contributed by atoms with E-state index in [0.29, 0.717) is 5.76 Å². The van der Waals surface area contributed by atoms with E-state index in [9.17, 15) is 14.9 Å². The number of nitro groups is 1. The van der Waals surface area contributed by atoms with Gasteiger partial charge in [0, 0.05) is 5.10 Å². The summed E-state index contributed by atoms with van der Waals surface area (Å²) < 4.78 is 6.41. The molecular weight excluding hydrogens is 244 g/mol. The monoisotopic (exact) mass is 252 g/mol. The molecule has 0 amide bonds. The molecule has 0 aliphatic heterocycles. The van der Waals surface area contributed by atoms with Crippen molar-refractivity contribution >= 4 is 11.9 Å². The summed E-state index contributed by atoms with van der Waals surface area (Å²) in [5.41, 5.74) is 0.0552. The lowest BCUT2D eigenvalue weighted by Crippen LogP contribution is -2.00. The Morgan fingerprint density at radius 2 is 2.39 bits per heavy atom. The van der Waals surface area contributed by atoms with E-state index in [2.05, 4.69) is 10.1 Å². The fourth-order valence-electron chi connectivity index (χ4n) is 1.44. The number of nitrogens with zero attached hydrogens (tertiary/aromatic N) is 4. The molecule has 0 saturated carbocycles. The Morgan fingerprint density at radius 3 is 2.89 bits per heavy atom. The number of furan rings is 1. The Balaban J connectivity index is 2.20. The van der Waals surface area contributed by atoms with Crippen LogP contribution in [0.3, 0.4) is 0 Å². The van der Waals surface area contributed by atoms with Crippen LogP contribution in [0, 0.1) is 17.0 Å². The molecule has 2 heterocycles. The molecule has 1 N–H and O–H groups in total. The van der Waals surface area contributed by atoms with Crippen molar-refractivity contribution in [3.63, 3.8) is 0 Å². The molecule has 2 aromatic heterocycles. The standard InChI is InChI=1S/C9H8N4O5/c1-5-7(8(14)15)2-6(18-5)3-12-4-10-9(11-12)13(16)17/h2,4H,3H2,1H3,(H,14,15). The van der Waals surface area contributed by atoms with E-state index >= 15 is 0 Å². The highest BCUT2D eigenvalue weighted by atomic mass is 16.6. The Morgan fingerprint density at radius 1 is 1.67 bits per heavy atom. The van der Waals surface area contributed by atoms with Gasteiger partial charge in [0.2, 0.25) is 6.33 Å². The molecule has 94 valence electrons. The predicted molar refractivity (Wildman–Crippen MR) is 56.2 cm³/mol. The Kier molecular flexibility index (Phi) is 2.80. The second kappa shape index (κ2) is 4.28. The third-order valence-electron chi connectivity index (χ3n) is 2.20. The number of rotatable bonds is 4. The summed E-state index contributed by atoms with van der Waals surface area (Å²) in [6, 6.07) is 1.35. The van der Waals surface area contributed by atoms with Crippen molar-refractivity contribution in [1.82, 2.24) is 14.8 Å². The Bertz CT molecular complexity index is 614. The van der Waals surface area contributed by atoms with Crippen LogP contribution in [0.2, 0.25) is 0 Å². The van der Waals surface area contributed by atoms with Crippen LogP contribution >= 0.6 is 0 Å². The SMILES string of the molecule is Cc1oc(Cn2cnc([N+](=O)[O-])n2)cc1C(=O)O. The van der Waals surface area contributed by atoms with Gasteiger partial charge in [-0.15, -0.1) is 0 Å². The van der Waals surface area contributed by atoms with E-state index in [1.807, 2.05) is 0 Å². The summed E-state index contributed by atoms with van der Waals surface area (Å²) in [7, 11) is 0. The smallest absolute Gasteiger partial charge is 0.478 e. The molecule has 9 nitrogen and oxygen atoms in total. The number of carbonyl (C=O) groups is 1. The fraction of sp³-hybridized carbons (Fsp3) is 0.222. The summed E-state index contributed by atoms with van der Waals surface area (Å²) in [5, 5.41) is 22.8. The lowest BCUT2D eigenvalue weighted by molar-refractivity contribution is -0.394. The zero-order valence-electron chi connectivity index (χ0n) is 9.23. The number of aromatic carboxylic acids is 1. The number of carboxylic acids is 1. The maximum absolute atomic E-state index is 10.8. The van der Waals surface area contributed by atoms with Crippen LogP contribution in [0.4, 0.5) is 5.95 Å². The molecule has 0 spiro atoms. The van der Waals surface area contributed by atoms with Crippen LogP contribution in [0.1, 0.15) is 21.9 Å². The Labute approximate surface area is 99.8 Å². The van der Waals surface area contributed by atoms with Gasteiger partial charge in [-0.05, 0) is 17.9 Å². The van der Waals surface area contributed by atoms with Gasteiger partial charge in [0.25, 0.3) is 0 Å². The molecule has 0 fully saturated rings. The minimum absolute atomic E-state index is 0.0552. The van der Waals surface area contributed by atoms with E-state index < -0.39 is 16.8 Å². The van der Waals surface area contributed by atoms with Gasteiger partial charge < -0.3 is 19.6 Å². The molecule has 0 aliphatic rings. The average molecular weight is 252 g/mol. The van der Waals surface area contributed by atoms with Crippen molar-refractivity contribution in [2.45, 2.75) is 13.5 Å². The first-order chi connectivity index (χ1) is 8.47. The van der Waals surface area contributed by atoms with Crippen molar-refractivity contribution < 1.29 is 19.2 Å². The molecule has 0 aliphatic carbocycles. The summed E-state index contributed by atoms with van der Waals surface area (Å²) >= 11 is 0. The van der Waals surface area contributed by atoms with E-state index in [1.54, 1.807) is 0 Å². The number of carboxylic acid groups (broad SMARTS) is 1. The van der Waals surface area contributed by atoms with Gasteiger partial charge >= 0.3 is 11.9 Å². The van der Waals surface area contributed by atoms with Crippen LogP contribution in [0.5, 0.6) is 0 Å². The highest BCUT2D eigenvalue weighted by Gasteiger charge is 2.17. The van der Waals surface area contributed by atoms with Crippen LogP contribution in [-0.2, 0) is 6.54 Å². The molecule has 0 radical (unpaired) electrons. The molecule has 0 bridgehead atoms. The quantitative estimate of drug-likeness (QED) is 0.631. The Hall–Kier alpha value is -2.71. The van der Waals surface area contributed by atoms with E-state index in [0.717, 1.165) is 0 Å². The normalized spacial score (nSPS) is 10.5. The van der Waals surface area contributed by atoms with E-state index in [4.69, 9.17) is 9.52 Å². The van der Waals surface area contributed by atoms with Crippen LogP contribution in [0.25, 0.3) is 0 Å². The maximum Gasteiger partial charge on any atom is 0.490 e. The summed E-state index contributed by atoms with van der Waals surface area (Å²) in [6.07, 6.45) is 1.18. The zero-order valence-corrected chi connectivity index (χ0v) is 9.23. The lowest BCUT2D eigenvalue weighted by Gasteiger charge is -1.91. The van der Waals surface area contributed by atoms with Crippen LogP contribution in [-0.4, -0.2) is 30.8 Å². The van der Waals surface area contributed by atoms with Gasteiger partial charge in [-0.1, -0.05) is 4.98 Å². The molecule has 2 rings (SSSR count). The number of aromatic nitrogens is 3. The first-order valence-corrected chi connectivity index (χ1v) is 4.84. The summed E-state index contributed by atoms with van der Waals surface area (Å²) in [5.74, 6) is -0.999. The maximum atomic E-state index is 10.8. The molecular formula is C9H8N4O5. The van der Waals surface area contributed by atoms with Crippen molar-refractivity contribution in [3.05, 3.63) is 39.6 Å². The van der Waals surface area contributed by atoms with Gasteiger partial charge in [0.1, 0.15) is 23.6 Å². The van der Waals surface area contributed by atoms with Crippen molar-refractivity contribution in [1.29, 1.82) is 0 Å². The minimum Gasteiger partial charge on any atom is -0.478 e. The van der Waals surface area contributed by atoms with E-state index in [1.165, 1.54) is 24.0 Å². The third kappa shape index (κ3) is 2.19. The predicted octanol–water partition coefficient (Wildman–Crippen LogP) is 0.834. The molecule has 2 aromatic rings. The highest BCUT2D eigenvalue weighted by Crippen LogP contribution is 2.15. The van der Waals surface area contributed by atoms with Crippen molar-refractivity contribution in [3.8, 4) is 0 Å². The summed E-state index contributed by atoms with van der Waals surface area (Å²) in [6.45, 7) is 1.60. The van der Waals surface area contributed by atoms with Crippen molar-refractivity contribution in [2.75, 3.05) is 0 Å². The largest absolute Gasteiger partial charge is 0.490 e. The zero-order chi connectivity index (χ0) is 13.3. The molecule has 0 aromatic carbocycles. The van der Waals surface area contributed by atoms with Crippen LogP contribution < -0.4 is 0 Å². The molecule has 0 atom stereocenters. The number of hydrogen-bond donors (Lipinski definition) is 1. The second-order valence-corrected chi connectivity index (χ2v) is 3.49. The first kappa shape index (κ1) is 11.8. The fourth-order valence-corrected chi connectivity index (χ4v) is 1.44. The topological polar surface area (TPSA) is 124 Å². The van der Waals surface area contributed by atoms with Gasteiger partial charge in [-0.2, -0.15) is 4.68 Å². The molecule has 18 heavy (non-hydrogen) atoms. The molecule has 0 saturated heterocycles. The summed E-state index contributed by atoms with van der Waals surface area (Å²) in [4.78, 5) is 23.9. The molecule has 0 unspecified atom stereocenters. The third-order valence-corrected chi connectivity index (χ3v) is 2.20. The lowest BCUT2D eigenvalue weighted by atomic mass is 10.2. The van der Waals surface area contributed by atoms with Gasteiger partial charge in [0.05, 0.1) is 0 Å².